The third kappa shape index (κ3) is 2.49. The summed E-state index contributed by atoms with van der Waals surface area (Å²) >= 11 is 1.29. The Kier molecular flexibility index (Phi) is 3.37. The molecule has 2 N–H and O–H groups in total. The van der Waals surface area contributed by atoms with Gasteiger partial charge in [-0.2, -0.15) is 0 Å². The second kappa shape index (κ2) is 4.96. The lowest BCUT2D eigenvalue weighted by Gasteiger charge is -2.22. The molecule has 1 fully saturated rings. The zero-order valence-electron chi connectivity index (χ0n) is 11.4. The average molecular weight is 325 g/mol. The first-order valence-corrected chi connectivity index (χ1v) is 9.12. The van der Waals surface area contributed by atoms with Crippen molar-refractivity contribution in [3.63, 3.8) is 0 Å². The molecule has 2 aromatic rings. The molecule has 1 amide bonds. The fraction of sp³-hybridized carbons (Fsp3) is 0.385. The van der Waals surface area contributed by atoms with Crippen molar-refractivity contribution >= 4 is 42.9 Å². The van der Waals surface area contributed by atoms with E-state index in [1.165, 1.54) is 16.2 Å². The van der Waals surface area contributed by atoms with Crippen molar-refractivity contribution in [1.82, 2.24) is 9.88 Å². The van der Waals surface area contributed by atoms with E-state index in [0.29, 0.717) is 17.0 Å². The zero-order valence-corrected chi connectivity index (χ0v) is 13.1. The lowest BCUT2D eigenvalue weighted by atomic mass is 10.2. The van der Waals surface area contributed by atoms with Crippen LogP contribution < -0.4 is 5.73 Å². The van der Waals surface area contributed by atoms with Crippen LogP contribution in [0.15, 0.2) is 18.5 Å². The Labute approximate surface area is 126 Å². The van der Waals surface area contributed by atoms with Gasteiger partial charge in [0.15, 0.2) is 9.84 Å². The van der Waals surface area contributed by atoms with E-state index in [2.05, 4.69) is 4.98 Å². The third-order valence-electron chi connectivity index (χ3n) is 3.80. The van der Waals surface area contributed by atoms with Gasteiger partial charge in [0.2, 0.25) is 0 Å². The summed E-state index contributed by atoms with van der Waals surface area (Å²) in [4.78, 5) is 18.5. The number of nitrogen functional groups attached to an aromatic ring is 1. The van der Waals surface area contributed by atoms with E-state index in [1.807, 2.05) is 0 Å². The SMILES string of the molecule is CN(C(=O)c1sc2cnccc2c1N)C1CCS(=O)(=O)C1. The van der Waals surface area contributed by atoms with Crippen LogP contribution in [0, 0.1) is 0 Å². The second-order valence-electron chi connectivity index (χ2n) is 5.19. The van der Waals surface area contributed by atoms with Gasteiger partial charge in [0.05, 0.1) is 21.9 Å². The van der Waals surface area contributed by atoms with E-state index < -0.39 is 9.84 Å². The van der Waals surface area contributed by atoms with Gasteiger partial charge in [-0.1, -0.05) is 0 Å². The van der Waals surface area contributed by atoms with Gasteiger partial charge in [-0.15, -0.1) is 11.3 Å². The Balaban J connectivity index is 1.92. The van der Waals surface area contributed by atoms with Gasteiger partial charge in [0, 0.05) is 30.9 Å². The smallest absolute Gasteiger partial charge is 0.266 e. The number of carbonyl (C=O) groups excluding carboxylic acids is 1. The first kappa shape index (κ1) is 14.3. The molecule has 0 aliphatic carbocycles. The summed E-state index contributed by atoms with van der Waals surface area (Å²) in [5.74, 6) is -0.0568. The minimum Gasteiger partial charge on any atom is -0.397 e. The molecule has 0 spiro atoms. The largest absolute Gasteiger partial charge is 0.397 e. The summed E-state index contributed by atoms with van der Waals surface area (Å²) < 4.78 is 23.9. The predicted molar refractivity (Wildman–Crippen MR) is 83.2 cm³/mol. The van der Waals surface area contributed by atoms with Crippen molar-refractivity contribution in [2.75, 3.05) is 24.3 Å². The number of fused-ring (bicyclic) bond motifs is 1. The fourth-order valence-corrected chi connectivity index (χ4v) is 5.38. The van der Waals surface area contributed by atoms with E-state index in [-0.39, 0.29) is 23.5 Å². The maximum atomic E-state index is 12.6. The van der Waals surface area contributed by atoms with Gasteiger partial charge >= 0.3 is 0 Å². The van der Waals surface area contributed by atoms with Crippen LogP contribution in [0.1, 0.15) is 16.1 Å². The van der Waals surface area contributed by atoms with Gasteiger partial charge in [-0.05, 0) is 12.5 Å². The van der Waals surface area contributed by atoms with Gasteiger partial charge in [0.1, 0.15) is 4.88 Å². The number of anilines is 1. The number of pyridine rings is 1. The molecule has 112 valence electrons. The van der Waals surface area contributed by atoms with Crippen molar-refractivity contribution in [3.8, 4) is 0 Å². The van der Waals surface area contributed by atoms with Crippen LogP contribution in [-0.2, 0) is 9.84 Å². The van der Waals surface area contributed by atoms with Crippen LogP contribution in [0.5, 0.6) is 0 Å². The maximum Gasteiger partial charge on any atom is 0.266 e. The van der Waals surface area contributed by atoms with Gasteiger partial charge < -0.3 is 10.6 Å². The van der Waals surface area contributed by atoms with E-state index in [4.69, 9.17) is 5.73 Å². The Bertz CT molecular complexity index is 813. The number of amides is 1. The van der Waals surface area contributed by atoms with Crippen molar-refractivity contribution in [1.29, 1.82) is 0 Å². The van der Waals surface area contributed by atoms with E-state index in [0.717, 1.165) is 10.1 Å². The number of rotatable bonds is 2. The van der Waals surface area contributed by atoms with Gasteiger partial charge in [-0.25, -0.2) is 8.42 Å². The van der Waals surface area contributed by atoms with Crippen molar-refractivity contribution in [2.45, 2.75) is 12.5 Å². The molecule has 8 heteroatoms. The summed E-state index contributed by atoms with van der Waals surface area (Å²) in [6, 6.07) is 1.50. The molecule has 3 rings (SSSR count). The van der Waals surface area contributed by atoms with Crippen LogP contribution in [0.2, 0.25) is 0 Å². The highest BCUT2D eigenvalue weighted by molar-refractivity contribution is 7.91. The monoisotopic (exact) mass is 325 g/mol. The first-order chi connectivity index (χ1) is 9.89. The van der Waals surface area contributed by atoms with Crippen LogP contribution in [0.4, 0.5) is 5.69 Å². The molecule has 6 nitrogen and oxygen atoms in total. The molecule has 0 saturated carbocycles. The highest BCUT2D eigenvalue weighted by atomic mass is 32.2. The topological polar surface area (TPSA) is 93.4 Å². The van der Waals surface area contributed by atoms with E-state index >= 15 is 0 Å². The number of nitrogens with zero attached hydrogens (tertiary/aromatic N) is 2. The number of thiophene rings is 1. The Morgan fingerprint density at radius 1 is 1.52 bits per heavy atom. The van der Waals surface area contributed by atoms with Gasteiger partial charge in [0.25, 0.3) is 5.91 Å². The number of hydrogen-bond donors (Lipinski definition) is 1. The standard InChI is InChI=1S/C13H15N3O3S2/c1-16(8-3-5-21(18,19)7-8)13(17)12-11(14)9-2-4-15-6-10(9)20-12/h2,4,6,8H,3,5,7,14H2,1H3. The molecule has 21 heavy (non-hydrogen) atoms. The third-order valence-corrected chi connectivity index (χ3v) is 6.70. The van der Waals surface area contributed by atoms with Crippen LogP contribution in [-0.4, -0.2) is 48.8 Å². The number of sulfone groups is 1. The summed E-state index contributed by atoms with van der Waals surface area (Å²) in [6.45, 7) is 0. The van der Waals surface area contributed by atoms with Crippen LogP contribution >= 0.6 is 11.3 Å². The summed E-state index contributed by atoms with van der Waals surface area (Å²) in [5.41, 5.74) is 6.49. The van der Waals surface area contributed by atoms with Crippen molar-refractivity contribution < 1.29 is 13.2 Å². The lowest BCUT2D eigenvalue weighted by molar-refractivity contribution is 0.0753. The van der Waals surface area contributed by atoms with Crippen molar-refractivity contribution in [3.05, 3.63) is 23.3 Å². The highest BCUT2D eigenvalue weighted by Gasteiger charge is 2.34. The molecule has 2 aromatic heterocycles. The predicted octanol–water partition coefficient (Wildman–Crippen LogP) is 1.14. The minimum absolute atomic E-state index is 0.0294. The molecule has 1 aliphatic rings. The minimum atomic E-state index is -3.02. The summed E-state index contributed by atoms with van der Waals surface area (Å²) in [7, 11) is -1.39. The fourth-order valence-electron chi connectivity index (χ4n) is 2.54. The Morgan fingerprint density at radius 2 is 2.29 bits per heavy atom. The lowest BCUT2D eigenvalue weighted by Crippen LogP contribution is -2.37. The molecule has 1 unspecified atom stereocenters. The molecular weight excluding hydrogens is 310 g/mol. The molecule has 1 aliphatic heterocycles. The zero-order chi connectivity index (χ0) is 15.2. The quantitative estimate of drug-likeness (QED) is 0.893. The Morgan fingerprint density at radius 3 is 2.90 bits per heavy atom. The maximum absolute atomic E-state index is 12.6. The highest BCUT2D eigenvalue weighted by Crippen LogP contribution is 2.34. The van der Waals surface area contributed by atoms with Crippen LogP contribution in [0.25, 0.3) is 10.1 Å². The Hall–Kier alpha value is -1.67. The number of nitrogens with two attached hydrogens (primary N) is 1. The van der Waals surface area contributed by atoms with Gasteiger partial charge in [-0.3, -0.25) is 9.78 Å². The van der Waals surface area contributed by atoms with E-state index in [9.17, 15) is 13.2 Å². The molecule has 1 atom stereocenters. The molecule has 1 saturated heterocycles. The molecular formula is C13H15N3O3S2. The average Bonchev–Trinajstić information content (AvgIpc) is 2.98. The molecule has 0 radical (unpaired) electrons. The molecule has 3 heterocycles. The first-order valence-electron chi connectivity index (χ1n) is 6.48. The van der Waals surface area contributed by atoms with Crippen molar-refractivity contribution in [2.24, 2.45) is 0 Å². The van der Waals surface area contributed by atoms with Crippen LogP contribution in [0.3, 0.4) is 0 Å². The number of carbonyl (C=O) groups is 1. The molecule has 0 aromatic carbocycles. The molecule has 0 bridgehead atoms. The summed E-state index contributed by atoms with van der Waals surface area (Å²) in [5, 5.41) is 0.811. The summed E-state index contributed by atoms with van der Waals surface area (Å²) in [6.07, 6.45) is 3.79. The second-order valence-corrected chi connectivity index (χ2v) is 8.47. The number of aromatic nitrogens is 1. The number of hydrogen-bond acceptors (Lipinski definition) is 6. The van der Waals surface area contributed by atoms with E-state index in [1.54, 1.807) is 25.5 Å². The normalized spacial score (nSPS) is 20.7.